The van der Waals surface area contributed by atoms with Crippen molar-refractivity contribution in [2.45, 2.75) is 24.5 Å². The van der Waals surface area contributed by atoms with Crippen LogP contribution in [0.15, 0.2) is 36.4 Å². The standard InChI is InChI=1S/C20H24N2O4Se/c1-13(23)21-17-9-15(5-7-19(17)25-3)11-27-12-16-6-8-20(26-4)18(10-16)22-14(2)24/h5-10H,11-12H2,1-4H3,(H,21,23)(H,22,24). The Morgan fingerprint density at radius 1 is 0.815 bits per heavy atom. The Kier molecular flexibility index (Phi) is 7.70. The Hall–Kier alpha value is -2.50. The predicted molar refractivity (Wildman–Crippen MR) is 108 cm³/mol. The fourth-order valence-electron chi connectivity index (χ4n) is 2.55. The number of rotatable bonds is 8. The van der Waals surface area contributed by atoms with Crippen molar-refractivity contribution in [3.05, 3.63) is 47.5 Å². The van der Waals surface area contributed by atoms with Crippen molar-refractivity contribution in [1.82, 2.24) is 0 Å². The molecule has 0 heterocycles. The van der Waals surface area contributed by atoms with Crippen LogP contribution < -0.4 is 20.1 Å². The molecule has 0 unspecified atom stereocenters. The Balaban J connectivity index is 2.03. The van der Waals surface area contributed by atoms with E-state index in [1.54, 1.807) is 14.2 Å². The van der Waals surface area contributed by atoms with Gasteiger partial charge in [0, 0.05) is 0 Å². The number of carbonyl (C=O) groups excluding carboxylic acids is 2. The van der Waals surface area contributed by atoms with Gasteiger partial charge in [-0.1, -0.05) is 0 Å². The topological polar surface area (TPSA) is 76.7 Å². The third-order valence-corrected chi connectivity index (χ3v) is 5.94. The molecule has 2 rings (SSSR count). The maximum absolute atomic E-state index is 11.3. The SMILES string of the molecule is COc1ccc(C[Se]Cc2ccc(OC)c(NC(C)=O)c2)cc1NC(C)=O. The zero-order valence-corrected chi connectivity index (χ0v) is 17.6. The summed E-state index contributed by atoms with van der Waals surface area (Å²) in [5, 5.41) is 7.44. The molecule has 0 saturated heterocycles. The number of ether oxygens (including phenoxy) is 2. The summed E-state index contributed by atoms with van der Waals surface area (Å²) in [7, 11) is 3.17. The van der Waals surface area contributed by atoms with E-state index in [1.165, 1.54) is 13.8 Å². The van der Waals surface area contributed by atoms with E-state index in [0.717, 1.165) is 21.8 Å². The zero-order valence-electron chi connectivity index (χ0n) is 15.9. The number of benzene rings is 2. The molecule has 0 bridgehead atoms. The second-order valence-electron chi connectivity index (χ2n) is 5.92. The first kappa shape index (κ1) is 20.8. The fraction of sp³-hybridized carbons (Fsp3) is 0.300. The van der Waals surface area contributed by atoms with Crippen LogP contribution in [-0.2, 0) is 20.2 Å². The van der Waals surface area contributed by atoms with E-state index < -0.39 is 0 Å². The van der Waals surface area contributed by atoms with E-state index in [1.807, 2.05) is 36.4 Å². The fourth-order valence-corrected chi connectivity index (χ4v) is 4.51. The molecule has 0 aliphatic heterocycles. The van der Waals surface area contributed by atoms with Gasteiger partial charge in [-0.3, -0.25) is 0 Å². The molecule has 0 atom stereocenters. The molecule has 27 heavy (non-hydrogen) atoms. The van der Waals surface area contributed by atoms with Gasteiger partial charge in [-0.2, -0.15) is 0 Å². The van der Waals surface area contributed by atoms with Gasteiger partial charge in [0.25, 0.3) is 0 Å². The molecule has 6 nitrogen and oxygen atoms in total. The van der Waals surface area contributed by atoms with Crippen LogP contribution in [0.2, 0.25) is 0 Å². The van der Waals surface area contributed by atoms with Gasteiger partial charge in [0.2, 0.25) is 0 Å². The molecule has 0 radical (unpaired) electrons. The van der Waals surface area contributed by atoms with Crippen molar-refractivity contribution in [2.24, 2.45) is 0 Å². The predicted octanol–water partition coefficient (Wildman–Crippen LogP) is 3.03. The van der Waals surface area contributed by atoms with Crippen molar-refractivity contribution >= 4 is 38.1 Å². The van der Waals surface area contributed by atoms with Crippen molar-refractivity contribution < 1.29 is 19.1 Å². The minimum absolute atomic E-state index is 0.125. The number of nitrogens with one attached hydrogen (secondary N) is 2. The van der Waals surface area contributed by atoms with Crippen LogP contribution in [0.25, 0.3) is 0 Å². The number of hydrogen-bond donors (Lipinski definition) is 2. The summed E-state index contributed by atoms with van der Waals surface area (Å²) >= 11 is 0.324. The summed E-state index contributed by atoms with van der Waals surface area (Å²) in [5.74, 6) is 1.05. The van der Waals surface area contributed by atoms with E-state index >= 15 is 0 Å². The third-order valence-electron chi connectivity index (χ3n) is 3.69. The van der Waals surface area contributed by atoms with Crippen LogP contribution in [0.3, 0.4) is 0 Å². The van der Waals surface area contributed by atoms with Crippen molar-refractivity contribution in [3.8, 4) is 11.5 Å². The first-order chi connectivity index (χ1) is 12.9. The molecule has 0 spiro atoms. The summed E-state index contributed by atoms with van der Waals surface area (Å²) in [6.07, 6.45) is 0. The molecular weight excluding hydrogens is 411 g/mol. The van der Waals surface area contributed by atoms with Gasteiger partial charge < -0.3 is 0 Å². The van der Waals surface area contributed by atoms with Gasteiger partial charge >= 0.3 is 166 Å². The van der Waals surface area contributed by atoms with Gasteiger partial charge in [0.15, 0.2) is 0 Å². The molecule has 0 fully saturated rings. The normalized spacial score (nSPS) is 10.2. The maximum atomic E-state index is 11.3. The first-order valence-corrected chi connectivity index (χ1v) is 10.8. The molecule has 2 aromatic carbocycles. The van der Waals surface area contributed by atoms with Gasteiger partial charge in [0.1, 0.15) is 0 Å². The van der Waals surface area contributed by atoms with E-state index in [0.29, 0.717) is 37.8 Å². The number of anilines is 2. The Bertz CT molecular complexity index is 756. The monoisotopic (exact) mass is 436 g/mol. The van der Waals surface area contributed by atoms with E-state index in [2.05, 4.69) is 10.6 Å². The number of methoxy groups -OCH3 is 2. The second kappa shape index (κ2) is 9.99. The molecule has 7 heteroatoms. The van der Waals surface area contributed by atoms with Gasteiger partial charge in [-0.15, -0.1) is 0 Å². The van der Waals surface area contributed by atoms with Crippen LogP contribution in [0.1, 0.15) is 25.0 Å². The van der Waals surface area contributed by atoms with Crippen molar-refractivity contribution in [2.75, 3.05) is 24.9 Å². The summed E-state index contributed by atoms with van der Waals surface area (Å²) in [4.78, 5) is 22.7. The molecular formula is C20H24N2O4Se. The van der Waals surface area contributed by atoms with Crippen LogP contribution in [-0.4, -0.2) is 41.0 Å². The van der Waals surface area contributed by atoms with E-state index in [4.69, 9.17) is 9.47 Å². The van der Waals surface area contributed by atoms with Crippen LogP contribution in [0.5, 0.6) is 11.5 Å². The first-order valence-electron chi connectivity index (χ1n) is 8.39. The molecule has 2 N–H and O–H groups in total. The summed E-state index contributed by atoms with van der Waals surface area (Å²) in [6, 6.07) is 11.7. The summed E-state index contributed by atoms with van der Waals surface area (Å²) in [6.45, 7) is 2.96. The quantitative estimate of drug-likeness (QED) is 0.625. The molecule has 0 aliphatic carbocycles. The van der Waals surface area contributed by atoms with Gasteiger partial charge in [0.05, 0.1) is 0 Å². The van der Waals surface area contributed by atoms with Crippen LogP contribution in [0.4, 0.5) is 11.4 Å². The van der Waals surface area contributed by atoms with Crippen LogP contribution >= 0.6 is 0 Å². The minimum atomic E-state index is -0.125. The zero-order chi connectivity index (χ0) is 19.8. The number of carbonyl (C=O) groups is 2. The van der Waals surface area contributed by atoms with E-state index in [-0.39, 0.29) is 11.8 Å². The molecule has 2 aromatic rings. The molecule has 2 amide bonds. The molecule has 0 aliphatic rings. The van der Waals surface area contributed by atoms with Crippen molar-refractivity contribution in [1.29, 1.82) is 0 Å². The third kappa shape index (κ3) is 6.31. The molecule has 144 valence electrons. The van der Waals surface area contributed by atoms with Crippen molar-refractivity contribution in [3.63, 3.8) is 0 Å². The second-order valence-corrected chi connectivity index (χ2v) is 7.99. The van der Waals surface area contributed by atoms with Gasteiger partial charge in [-0.25, -0.2) is 0 Å². The Labute approximate surface area is 165 Å². The Morgan fingerprint density at radius 2 is 1.22 bits per heavy atom. The number of hydrogen-bond acceptors (Lipinski definition) is 4. The van der Waals surface area contributed by atoms with Crippen LogP contribution in [0, 0.1) is 0 Å². The van der Waals surface area contributed by atoms with E-state index in [9.17, 15) is 9.59 Å². The van der Waals surface area contributed by atoms with Gasteiger partial charge in [-0.05, 0) is 0 Å². The Morgan fingerprint density at radius 3 is 1.56 bits per heavy atom. The molecule has 0 aromatic heterocycles. The average molecular weight is 435 g/mol. The summed E-state index contributed by atoms with van der Waals surface area (Å²) in [5.41, 5.74) is 3.68. The summed E-state index contributed by atoms with van der Waals surface area (Å²) < 4.78 is 10.6. The number of amides is 2. The average Bonchev–Trinajstić information content (AvgIpc) is 2.61. The molecule has 0 saturated carbocycles.